The number of rotatable bonds is 17. The second-order valence-corrected chi connectivity index (χ2v) is 10.0. The monoisotopic (exact) mass is 409 g/mol. The molecule has 0 aliphatic heterocycles. The minimum atomic E-state index is -1.17. The highest BCUT2D eigenvalue weighted by atomic mass is 13.7. The molecule has 0 aliphatic rings. The molecule has 0 N–H and O–H groups in total. The Labute approximate surface area is 260 Å². The maximum Gasteiger partial charge on any atom is 0.0294 e. The summed E-state index contributed by atoms with van der Waals surface area (Å²) in [6, 6.07) is 0. The van der Waals surface area contributed by atoms with Crippen LogP contribution in [-0.4, -0.2) is 257 Å². The van der Waals surface area contributed by atoms with Crippen molar-refractivity contribution in [1.29, 1.82) is 0 Å². The van der Waals surface area contributed by atoms with E-state index < -0.39 is 108 Å². The highest BCUT2D eigenvalue weighted by molar-refractivity contribution is 8.13. The average molecular weight is 402 g/mol. The van der Waals surface area contributed by atoms with Gasteiger partial charge in [0.05, 0.1) is 0 Å². The van der Waals surface area contributed by atoms with Gasteiger partial charge in [-0.2, -0.15) is 0 Å². The van der Waals surface area contributed by atoms with E-state index in [1.807, 2.05) is 0 Å². The lowest BCUT2D eigenvalue weighted by atomic mass is 8.40. The third-order valence-electron chi connectivity index (χ3n) is 7.33. The van der Waals surface area contributed by atoms with E-state index in [0.29, 0.717) is 0 Å². The zero-order valence-electron chi connectivity index (χ0n) is 21.4. The van der Waals surface area contributed by atoms with Crippen molar-refractivity contribution in [3.05, 3.63) is 0 Å². The average Bonchev–Trinajstić information content (AvgIpc) is 2.68. The summed E-state index contributed by atoms with van der Waals surface area (Å²) in [5, 5.41) is 0. The van der Waals surface area contributed by atoms with Crippen LogP contribution < -0.4 is 0 Å². The lowest BCUT2D eigenvalue weighted by molar-refractivity contribution is 1.80. The molecule has 0 amide bonds. The van der Waals surface area contributed by atoms with Gasteiger partial charge < -0.3 is 0 Å². The van der Waals surface area contributed by atoms with Crippen LogP contribution in [0.25, 0.3) is 0 Å². The molecular weight excluding hydrogens is 401 g/mol. The standard InChI is InChI=1S/CHB36/c2-21-34(27(7)8)23(35(28(9)10)29(11)12)1(22(25(3)4)26(5)6)24(36(30(13)14)31(15)16)37(32(17)18)33(19)20/h1H. The fraction of sp³-hybridized carbons (Fsp3) is 1.00. The van der Waals surface area contributed by atoms with E-state index in [9.17, 15) is 0 Å². The van der Waals surface area contributed by atoms with Crippen LogP contribution in [0.4, 0.5) is 0 Å². The van der Waals surface area contributed by atoms with Gasteiger partial charge in [-0.15, -0.1) is 5.62 Å². The summed E-state index contributed by atoms with van der Waals surface area (Å²) in [6.07, 6.45) is -14.1. The first-order chi connectivity index (χ1) is 16.8. The van der Waals surface area contributed by atoms with Crippen molar-refractivity contribution in [2.24, 2.45) is 0 Å². The maximum absolute atomic E-state index is 6.23. The molecule has 113 valence electrons. The Balaban J connectivity index is 7.97. The molecule has 0 nitrogen and oxygen atoms in total. The Morgan fingerprint density at radius 1 is 0.324 bits per heavy atom. The van der Waals surface area contributed by atoms with Crippen LogP contribution in [0, 0.1) is 0 Å². The van der Waals surface area contributed by atoms with Gasteiger partial charge in [0.15, 0.2) is 0 Å². The summed E-state index contributed by atoms with van der Waals surface area (Å²) < 4.78 is 0. The van der Waals surface area contributed by atoms with E-state index in [4.69, 9.17) is 147 Å². The molecule has 0 fully saturated rings. The van der Waals surface area contributed by atoms with Crippen molar-refractivity contribution in [3.63, 3.8) is 0 Å². The van der Waals surface area contributed by atoms with Crippen LogP contribution in [0.3, 0.4) is 0 Å². The Morgan fingerprint density at radius 3 is 0.784 bits per heavy atom. The number of hydrogen-bond donors (Lipinski definition) is 0. The van der Waals surface area contributed by atoms with Crippen molar-refractivity contribution < 1.29 is 0 Å². The topological polar surface area (TPSA) is 0 Å². The summed E-state index contributed by atoms with van der Waals surface area (Å²) >= 11 is 0. The highest BCUT2D eigenvalue weighted by Gasteiger charge is 2.54. The van der Waals surface area contributed by atoms with Gasteiger partial charge in [0.25, 0.3) is 0 Å². The summed E-state index contributed by atoms with van der Waals surface area (Å²) in [6.45, 7) is -2.89. The molecule has 39 radical (unpaired) electrons. The largest absolute Gasteiger partial charge is 0.146 e. The van der Waals surface area contributed by atoms with Crippen molar-refractivity contribution in [2.75, 3.05) is 0 Å². The fourth-order valence-corrected chi connectivity index (χ4v) is 5.90. The zero-order chi connectivity index (χ0) is 29.5. The molecule has 0 aromatic rings. The molecule has 0 aromatic carbocycles. The lowest BCUT2D eigenvalue weighted by Gasteiger charge is -2.54. The fourth-order valence-electron chi connectivity index (χ4n) is 5.90. The van der Waals surface area contributed by atoms with Gasteiger partial charge in [-0.3, -0.25) is 0 Å². The van der Waals surface area contributed by atoms with Gasteiger partial charge in [0.1, 0.15) is 0 Å². The third-order valence-corrected chi connectivity index (χ3v) is 7.33. The minimum absolute atomic E-state index is 0.881. The molecule has 1 unspecified atom stereocenters. The Morgan fingerprint density at radius 2 is 0.595 bits per heavy atom. The molecule has 0 saturated heterocycles. The molecule has 0 spiro atoms. The van der Waals surface area contributed by atoms with Gasteiger partial charge in [-0.05, 0) is 0 Å². The molecule has 0 saturated carbocycles. The predicted octanol–water partition coefficient (Wildman–Crippen LogP) is -13.4. The molecular formula is CHB36. The lowest BCUT2D eigenvalue weighted by Crippen LogP contribution is -2.84. The Kier molecular flexibility index (Phi) is 19.2. The summed E-state index contributed by atoms with van der Waals surface area (Å²) in [5.74, 6) is 0. The molecule has 0 rings (SSSR count). The minimum Gasteiger partial charge on any atom is -0.146 e. The predicted molar refractivity (Wildman–Crippen MR) is 211 cm³/mol. The van der Waals surface area contributed by atoms with E-state index in [2.05, 4.69) is 0 Å². The van der Waals surface area contributed by atoms with E-state index >= 15 is 0 Å². The van der Waals surface area contributed by atoms with Crippen molar-refractivity contribution in [2.45, 2.75) is 5.62 Å². The van der Waals surface area contributed by atoms with E-state index in [1.165, 1.54) is 7.06 Å². The summed E-state index contributed by atoms with van der Waals surface area (Å²) in [5.41, 5.74) is -0.975. The smallest absolute Gasteiger partial charge is 0.0294 e. The first-order valence-corrected chi connectivity index (χ1v) is 12.0. The van der Waals surface area contributed by atoms with Crippen LogP contribution in [0.2, 0.25) is 5.62 Å². The molecule has 1 atom stereocenters. The van der Waals surface area contributed by atoms with E-state index in [0.717, 1.165) is 0 Å². The van der Waals surface area contributed by atoms with E-state index in [1.54, 1.807) is 0 Å². The molecule has 36 heteroatoms. The van der Waals surface area contributed by atoms with Crippen LogP contribution in [0.5, 0.6) is 0 Å². The van der Waals surface area contributed by atoms with Gasteiger partial charge in [0, 0.05) is 257 Å². The SMILES string of the molecule is [B][B]B(B([B])[B])B(B(B([B])[B])B([B])[B])C(B(B([B])[B])B([B])[B])B(B(B([B])[B])B([B])[B])B(B([B])[B])B([B])[B]. The summed E-state index contributed by atoms with van der Waals surface area (Å²) in [7, 11) is 119. The quantitative estimate of drug-likeness (QED) is 0.212. The first kappa shape index (κ1) is 39.3. The van der Waals surface area contributed by atoms with Crippen LogP contribution in [-0.2, 0) is 0 Å². The normalized spacial score (nSPS) is 10.5. The second kappa shape index (κ2) is 18.1. The van der Waals surface area contributed by atoms with Gasteiger partial charge >= 0.3 is 0 Å². The van der Waals surface area contributed by atoms with Gasteiger partial charge in [-0.25, -0.2) is 0 Å². The zero-order valence-corrected chi connectivity index (χ0v) is 21.4. The summed E-state index contributed by atoms with van der Waals surface area (Å²) in [4.78, 5) is 0. The van der Waals surface area contributed by atoms with Crippen molar-refractivity contribution in [3.8, 4) is 0 Å². The van der Waals surface area contributed by atoms with E-state index in [-0.39, 0.29) is 0 Å². The van der Waals surface area contributed by atoms with Gasteiger partial charge in [0.2, 0.25) is 0 Å². The van der Waals surface area contributed by atoms with Crippen LogP contribution in [0.15, 0.2) is 0 Å². The molecule has 0 aromatic heterocycles. The van der Waals surface area contributed by atoms with Crippen LogP contribution >= 0.6 is 0 Å². The third kappa shape index (κ3) is 10.8. The highest BCUT2D eigenvalue weighted by Crippen LogP contribution is 2.28. The molecule has 0 aliphatic carbocycles. The second-order valence-electron chi connectivity index (χ2n) is 10.0. The van der Waals surface area contributed by atoms with Crippen molar-refractivity contribution in [1.82, 2.24) is 0 Å². The van der Waals surface area contributed by atoms with Gasteiger partial charge in [-0.1, -0.05) is 0 Å². The van der Waals surface area contributed by atoms with Crippen molar-refractivity contribution >= 4 is 257 Å². The Bertz CT molecular complexity index is 529. The van der Waals surface area contributed by atoms with Crippen LogP contribution in [0.1, 0.15) is 0 Å². The Hall–Kier alpha value is 2.34. The number of hydrogen-bond acceptors (Lipinski definition) is 0. The molecule has 0 heterocycles. The molecule has 37 heavy (non-hydrogen) atoms. The molecule has 0 bridgehead atoms. The maximum atomic E-state index is 6.23. The first-order valence-electron chi connectivity index (χ1n) is 12.0.